The average molecular weight is 306 g/mol. The second kappa shape index (κ2) is 7.84. The Balaban J connectivity index is 2.53. The van der Waals surface area contributed by atoms with E-state index < -0.39 is 6.36 Å². The number of alkyl halides is 3. The quantitative estimate of drug-likeness (QED) is 0.807. The molecule has 0 saturated heterocycles. The van der Waals surface area contributed by atoms with Crippen molar-refractivity contribution >= 4 is 11.6 Å². The highest BCUT2D eigenvalue weighted by Gasteiger charge is 2.30. The SMILES string of the molecule is CCN(CCO)CC(=O)Nc1ccc(OC(F)(F)F)cc1. The van der Waals surface area contributed by atoms with Gasteiger partial charge in [-0.3, -0.25) is 9.69 Å². The minimum Gasteiger partial charge on any atom is -0.406 e. The van der Waals surface area contributed by atoms with Gasteiger partial charge in [0.2, 0.25) is 5.91 Å². The van der Waals surface area contributed by atoms with Gasteiger partial charge >= 0.3 is 6.36 Å². The fraction of sp³-hybridized carbons (Fsp3) is 0.462. The van der Waals surface area contributed by atoms with Gasteiger partial charge in [-0.25, -0.2) is 0 Å². The van der Waals surface area contributed by atoms with Crippen LogP contribution in [0.4, 0.5) is 18.9 Å². The van der Waals surface area contributed by atoms with E-state index >= 15 is 0 Å². The summed E-state index contributed by atoms with van der Waals surface area (Å²) in [7, 11) is 0. The highest BCUT2D eigenvalue weighted by Crippen LogP contribution is 2.23. The fourth-order valence-corrected chi connectivity index (χ4v) is 1.63. The lowest BCUT2D eigenvalue weighted by molar-refractivity contribution is -0.274. The second-order valence-corrected chi connectivity index (χ2v) is 4.21. The predicted molar refractivity (Wildman–Crippen MR) is 71.0 cm³/mol. The number of ether oxygens (including phenoxy) is 1. The monoisotopic (exact) mass is 306 g/mol. The average Bonchev–Trinajstić information content (AvgIpc) is 2.39. The van der Waals surface area contributed by atoms with Crippen LogP contribution < -0.4 is 10.1 Å². The Hall–Kier alpha value is -1.80. The van der Waals surface area contributed by atoms with Crippen molar-refractivity contribution in [2.75, 3.05) is 31.6 Å². The number of nitrogens with one attached hydrogen (secondary N) is 1. The molecule has 0 heterocycles. The zero-order valence-electron chi connectivity index (χ0n) is 11.5. The van der Waals surface area contributed by atoms with Gasteiger partial charge in [0.15, 0.2) is 0 Å². The molecule has 2 N–H and O–H groups in total. The molecule has 0 atom stereocenters. The molecule has 1 amide bonds. The van der Waals surface area contributed by atoms with Crippen molar-refractivity contribution < 1.29 is 27.8 Å². The molecule has 0 spiro atoms. The normalized spacial score (nSPS) is 11.5. The largest absolute Gasteiger partial charge is 0.573 e. The lowest BCUT2D eigenvalue weighted by atomic mass is 10.3. The maximum absolute atomic E-state index is 12.0. The highest BCUT2D eigenvalue weighted by atomic mass is 19.4. The number of aliphatic hydroxyl groups is 1. The number of aliphatic hydroxyl groups excluding tert-OH is 1. The number of benzene rings is 1. The molecule has 0 fully saturated rings. The second-order valence-electron chi connectivity index (χ2n) is 4.21. The Labute approximate surface area is 120 Å². The van der Waals surface area contributed by atoms with Gasteiger partial charge in [0.1, 0.15) is 5.75 Å². The number of rotatable bonds is 7. The van der Waals surface area contributed by atoms with Crippen LogP contribution in [0, 0.1) is 0 Å². The van der Waals surface area contributed by atoms with Crippen molar-refractivity contribution in [2.45, 2.75) is 13.3 Å². The van der Waals surface area contributed by atoms with Crippen molar-refractivity contribution in [1.29, 1.82) is 0 Å². The predicted octanol–water partition coefficient (Wildman–Crippen LogP) is 1.84. The molecule has 0 aliphatic rings. The van der Waals surface area contributed by atoms with Crippen LogP contribution in [0.1, 0.15) is 6.92 Å². The first kappa shape index (κ1) is 17.3. The molecule has 1 rings (SSSR count). The fourth-order valence-electron chi connectivity index (χ4n) is 1.63. The Morgan fingerprint density at radius 1 is 1.33 bits per heavy atom. The third kappa shape index (κ3) is 6.96. The highest BCUT2D eigenvalue weighted by molar-refractivity contribution is 5.92. The number of amides is 1. The molecule has 1 aromatic carbocycles. The van der Waals surface area contributed by atoms with Gasteiger partial charge in [-0.1, -0.05) is 6.92 Å². The summed E-state index contributed by atoms with van der Waals surface area (Å²) in [4.78, 5) is 13.5. The third-order valence-corrected chi connectivity index (χ3v) is 2.60. The lowest BCUT2D eigenvalue weighted by Gasteiger charge is -2.18. The molecule has 21 heavy (non-hydrogen) atoms. The van der Waals surface area contributed by atoms with E-state index in [1.54, 1.807) is 4.90 Å². The number of carbonyl (C=O) groups is 1. The smallest absolute Gasteiger partial charge is 0.406 e. The van der Waals surface area contributed by atoms with Gasteiger partial charge in [0, 0.05) is 12.2 Å². The Kier molecular flexibility index (Phi) is 6.44. The Morgan fingerprint density at radius 2 is 1.95 bits per heavy atom. The van der Waals surface area contributed by atoms with Crippen molar-refractivity contribution in [3.8, 4) is 5.75 Å². The summed E-state index contributed by atoms with van der Waals surface area (Å²) in [6, 6.07) is 4.88. The summed E-state index contributed by atoms with van der Waals surface area (Å²) < 4.78 is 39.7. The number of anilines is 1. The molecule has 1 aromatic rings. The summed E-state index contributed by atoms with van der Waals surface area (Å²) in [6.07, 6.45) is -4.74. The van der Waals surface area contributed by atoms with Crippen molar-refractivity contribution in [2.24, 2.45) is 0 Å². The first-order valence-electron chi connectivity index (χ1n) is 6.33. The number of hydrogen-bond donors (Lipinski definition) is 2. The molecule has 0 bridgehead atoms. The standard InChI is InChI=1S/C13H17F3N2O3/c1-2-18(7-8-19)9-12(20)17-10-3-5-11(6-4-10)21-13(14,15)16/h3-6,19H,2,7-9H2,1H3,(H,17,20). The molecule has 0 aromatic heterocycles. The van der Waals surface area contributed by atoms with E-state index in [2.05, 4.69) is 10.1 Å². The molecular formula is C13H17F3N2O3. The number of nitrogens with zero attached hydrogens (tertiary/aromatic N) is 1. The first-order chi connectivity index (χ1) is 9.84. The zero-order chi connectivity index (χ0) is 15.9. The van der Waals surface area contributed by atoms with Crippen LogP contribution in [0.5, 0.6) is 5.75 Å². The maximum Gasteiger partial charge on any atom is 0.573 e. The topological polar surface area (TPSA) is 61.8 Å². The molecule has 0 saturated carbocycles. The summed E-state index contributed by atoms with van der Waals surface area (Å²) in [6.45, 7) is 2.88. The van der Waals surface area contributed by atoms with E-state index in [9.17, 15) is 18.0 Å². The summed E-state index contributed by atoms with van der Waals surface area (Å²) >= 11 is 0. The molecule has 8 heteroatoms. The molecule has 118 valence electrons. The lowest BCUT2D eigenvalue weighted by Crippen LogP contribution is -2.35. The molecule has 0 unspecified atom stereocenters. The van der Waals surface area contributed by atoms with Gasteiger partial charge in [0.05, 0.1) is 13.2 Å². The number of likely N-dealkylation sites (N-methyl/N-ethyl adjacent to an activating group) is 1. The van der Waals surface area contributed by atoms with Crippen molar-refractivity contribution in [3.05, 3.63) is 24.3 Å². The Morgan fingerprint density at radius 3 is 2.43 bits per heavy atom. The van der Waals surface area contributed by atoms with Gasteiger partial charge < -0.3 is 15.2 Å². The van der Waals surface area contributed by atoms with Gasteiger partial charge in [-0.05, 0) is 30.8 Å². The molecular weight excluding hydrogens is 289 g/mol. The summed E-state index contributed by atoms with van der Waals surface area (Å²) in [5, 5.41) is 11.4. The molecule has 0 radical (unpaired) electrons. The maximum atomic E-state index is 12.0. The van der Waals surface area contributed by atoms with Gasteiger partial charge in [-0.2, -0.15) is 0 Å². The van der Waals surface area contributed by atoms with E-state index in [0.717, 1.165) is 12.1 Å². The van der Waals surface area contributed by atoms with Crippen LogP contribution in [-0.2, 0) is 4.79 Å². The first-order valence-corrected chi connectivity index (χ1v) is 6.33. The van der Waals surface area contributed by atoms with Crippen LogP contribution in [0.15, 0.2) is 24.3 Å². The zero-order valence-corrected chi connectivity index (χ0v) is 11.5. The number of hydrogen-bond acceptors (Lipinski definition) is 4. The van der Waals surface area contributed by atoms with Crippen LogP contribution in [0.2, 0.25) is 0 Å². The molecule has 0 aliphatic carbocycles. The van der Waals surface area contributed by atoms with Gasteiger partial charge in [-0.15, -0.1) is 13.2 Å². The van der Waals surface area contributed by atoms with Crippen molar-refractivity contribution in [1.82, 2.24) is 4.90 Å². The summed E-state index contributed by atoms with van der Waals surface area (Å²) in [5.74, 6) is -0.661. The molecule has 0 aliphatic heterocycles. The van der Waals surface area contributed by atoms with E-state index in [1.165, 1.54) is 12.1 Å². The van der Waals surface area contributed by atoms with Crippen molar-refractivity contribution in [3.63, 3.8) is 0 Å². The van der Waals surface area contributed by atoms with Crippen LogP contribution in [0.25, 0.3) is 0 Å². The third-order valence-electron chi connectivity index (χ3n) is 2.60. The molecule has 5 nitrogen and oxygen atoms in total. The van der Waals surface area contributed by atoms with E-state index in [4.69, 9.17) is 5.11 Å². The number of halogens is 3. The van der Waals surface area contributed by atoms with Crippen LogP contribution in [-0.4, -0.2) is 48.5 Å². The summed E-state index contributed by atoms with van der Waals surface area (Å²) in [5.41, 5.74) is 0.370. The van der Waals surface area contributed by atoms with Gasteiger partial charge in [0.25, 0.3) is 0 Å². The Bertz CT molecular complexity index is 449. The minimum absolute atomic E-state index is 0.0510. The van der Waals surface area contributed by atoms with E-state index in [1.807, 2.05) is 6.92 Å². The number of carbonyl (C=O) groups excluding carboxylic acids is 1. The van der Waals surface area contributed by atoms with Crippen LogP contribution >= 0.6 is 0 Å². The van der Waals surface area contributed by atoms with E-state index in [0.29, 0.717) is 18.8 Å². The minimum atomic E-state index is -4.74. The van der Waals surface area contributed by atoms with E-state index in [-0.39, 0.29) is 24.8 Å². The van der Waals surface area contributed by atoms with Crippen LogP contribution in [0.3, 0.4) is 0 Å².